The zero-order valence-electron chi connectivity index (χ0n) is 29.6. The summed E-state index contributed by atoms with van der Waals surface area (Å²) in [6.45, 7) is 4.16. The van der Waals surface area contributed by atoms with Crippen LogP contribution in [0.2, 0.25) is 0 Å². The van der Waals surface area contributed by atoms with Gasteiger partial charge < -0.3 is 23.2 Å². The molecule has 15 nitrogen and oxygen atoms in total. The molecule has 4 aromatic rings. The number of hydrogen-bond donors (Lipinski definition) is 0. The van der Waals surface area contributed by atoms with Gasteiger partial charge in [-0.15, -0.1) is 5.06 Å². The second-order valence-corrected chi connectivity index (χ2v) is 16.8. The van der Waals surface area contributed by atoms with Crippen LogP contribution >= 0.6 is 0 Å². The number of carbonyl (C=O) groups excluding carboxylic acids is 4. The molecule has 0 radical (unpaired) electrons. The van der Waals surface area contributed by atoms with Crippen molar-refractivity contribution in [1.82, 2.24) is 5.06 Å². The first-order chi connectivity index (χ1) is 24.7. The Morgan fingerprint density at radius 1 is 0.811 bits per heavy atom. The van der Waals surface area contributed by atoms with Gasteiger partial charge in [-0.25, -0.2) is 26.4 Å². The number of hydroxylamine groups is 2. The van der Waals surface area contributed by atoms with Gasteiger partial charge in [-0.2, -0.15) is 4.57 Å². The molecule has 0 atom stereocenters. The summed E-state index contributed by atoms with van der Waals surface area (Å²) in [4.78, 5) is 56.2. The number of esters is 1. The van der Waals surface area contributed by atoms with Gasteiger partial charge >= 0.3 is 11.9 Å². The fraction of sp³-hybridized carbons (Fsp3) is 0.361. The molecule has 1 fully saturated rings. The van der Waals surface area contributed by atoms with Crippen LogP contribution in [0.5, 0.6) is 5.75 Å². The lowest BCUT2D eigenvalue weighted by molar-refractivity contribution is -0.903. The van der Waals surface area contributed by atoms with Crippen molar-refractivity contribution < 1.29 is 63.7 Å². The highest BCUT2D eigenvalue weighted by Gasteiger charge is 2.34. The molecule has 2 heterocycles. The van der Waals surface area contributed by atoms with E-state index in [0.717, 1.165) is 5.56 Å². The molecule has 1 aliphatic heterocycles. The summed E-state index contributed by atoms with van der Waals surface area (Å²) in [7, 11) is -5.10. The van der Waals surface area contributed by atoms with Gasteiger partial charge in [0.2, 0.25) is 11.0 Å². The van der Waals surface area contributed by atoms with E-state index < -0.39 is 55.5 Å². The van der Waals surface area contributed by atoms with Gasteiger partial charge in [-0.05, 0) is 55.3 Å². The Bertz CT molecular complexity index is 2340. The fourth-order valence-corrected chi connectivity index (χ4v) is 7.55. The predicted molar refractivity (Wildman–Crippen MR) is 188 cm³/mol. The highest BCUT2D eigenvalue weighted by Crippen LogP contribution is 2.31. The number of benzene rings is 3. The SMILES string of the molecule is Cc1cc(C(=O)ON2C(=O)CCC2=O)cc(C)c1OC(=O)c1c2ccccc2[n+](CCCS(=O)(=O)[O-])c2ccc(C[N+](C)(C)CCCS(=O)(=O)[O-])cc12. The van der Waals surface area contributed by atoms with Crippen molar-refractivity contribution in [1.29, 1.82) is 0 Å². The van der Waals surface area contributed by atoms with Crippen LogP contribution in [0.1, 0.15) is 63.1 Å². The van der Waals surface area contributed by atoms with Crippen LogP contribution in [0, 0.1) is 13.8 Å². The summed E-state index contributed by atoms with van der Waals surface area (Å²) in [6, 6.07) is 15.2. The first-order valence-corrected chi connectivity index (χ1v) is 19.9. The summed E-state index contributed by atoms with van der Waals surface area (Å²) >= 11 is 0. The zero-order chi connectivity index (χ0) is 38.9. The second-order valence-electron chi connectivity index (χ2n) is 13.7. The zero-order valence-corrected chi connectivity index (χ0v) is 31.3. The molecule has 3 aromatic carbocycles. The first kappa shape index (κ1) is 39.4. The lowest BCUT2D eigenvalue weighted by Gasteiger charge is -2.30. The Balaban J connectivity index is 1.55. The lowest BCUT2D eigenvalue weighted by Crippen LogP contribution is -2.40. The summed E-state index contributed by atoms with van der Waals surface area (Å²) in [5, 5.41) is 1.40. The van der Waals surface area contributed by atoms with Crippen LogP contribution in [-0.2, 0) is 47.8 Å². The Kier molecular flexibility index (Phi) is 11.4. The molecular formula is C36H39N3O12S2. The Morgan fingerprint density at radius 3 is 2.02 bits per heavy atom. The maximum Gasteiger partial charge on any atom is 0.363 e. The average molecular weight is 770 g/mol. The molecule has 0 unspecified atom stereocenters. The third-order valence-corrected chi connectivity index (χ3v) is 10.5. The van der Waals surface area contributed by atoms with E-state index in [1.165, 1.54) is 12.1 Å². The number of para-hydroxylation sites is 1. The number of carbonyl (C=O) groups is 4. The first-order valence-electron chi connectivity index (χ1n) is 16.7. The highest BCUT2D eigenvalue weighted by molar-refractivity contribution is 7.85. The third kappa shape index (κ3) is 9.60. The quantitative estimate of drug-likeness (QED) is 0.0345. The minimum atomic E-state index is -4.49. The van der Waals surface area contributed by atoms with E-state index in [2.05, 4.69) is 0 Å². The van der Waals surface area contributed by atoms with E-state index in [0.29, 0.717) is 55.6 Å². The molecule has 53 heavy (non-hydrogen) atoms. The summed E-state index contributed by atoms with van der Waals surface area (Å²) in [6.07, 6.45) is 0.0521. The number of hydrogen-bond acceptors (Lipinski definition) is 12. The van der Waals surface area contributed by atoms with E-state index in [1.54, 1.807) is 44.2 Å². The number of amides is 2. The number of nitrogens with zero attached hydrogens (tertiary/aromatic N) is 3. The summed E-state index contributed by atoms with van der Waals surface area (Å²) < 4.78 is 76.1. The van der Waals surface area contributed by atoms with Crippen LogP contribution in [0.4, 0.5) is 0 Å². The minimum Gasteiger partial charge on any atom is -0.748 e. The smallest absolute Gasteiger partial charge is 0.363 e. The second kappa shape index (κ2) is 15.3. The number of aryl methyl sites for hydroxylation is 3. The predicted octanol–water partition coefficient (Wildman–Crippen LogP) is 2.78. The van der Waals surface area contributed by atoms with E-state index in [9.17, 15) is 45.1 Å². The topological polar surface area (TPSA) is 208 Å². The molecule has 1 saturated heterocycles. The van der Waals surface area contributed by atoms with E-state index in [1.807, 2.05) is 30.8 Å². The van der Waals surface area contributed by atoms with Crippen molar-refractivity contribution in [2.75, 3.05) is 32.1 Å². The molecule has 1 aliphatic rings. The Hall–Kier alpha value is -4.81. The number of ether oxygens (including phenoxy) is 1. The summed E-state index contributed by atoms with van der Waals surface area (Å²) in [5.74, 6) is -3.83. The van der Waals surface area contributed by atoms with Crippen LogP contribution in [0.3, 0.4) is 0 Å². The molecular weight excluding hydrogens is 731 g/mol. The standard InChI is InChI=1S/C36H39N3O12S2/c1-23-19-26(35(42)51-38-31(40)13-14-32(38)41)20-24(2)34(23)50-36(43)33-27-9-5-6-10-29(27)37(15-7-17-52(44,45)46)30-12-11-25(21-28(30)33)22-39(3,4)16-8-18-53(47,48)49/h5-6,9-12,19-21H,7-8,13-18,22H2,1-4H3. The largest absolute Gasteiger partial charge is 0.748 e. The van der Waals surface area contributed by atoms with Gasteiger partial charge in [0, 0.05) is 54.9 Å². The number of aromatic nitrogens is 1. The Labute approximate surface area is 306 Å². The number of imide groups is 1. The van der Waals surface area contributed by atoms with Crippen molar-refractivity contribution in [2.45, 2.75) is 52.6 Å². The van der Waals surface area contributed by atoms with Gasteiger partial charge in [0.15, 0.2) is 6.54 Å². The maximum absolute atomic E-state index is 14.3. The van der Waals surface area contributed by atoms with Crippen LogP contribution in [0.15, 0.2) is 54.6 Å². The van der Waals surface area contributed by atoms with Gasteiger partial charge in [-0.1, -0.05) is 12.1 Å². The average Bonchev–Trinajstić information content (AvgIpc) is 3.36. The molecule has 0 saturated carbocycles. The number of rotatable bonds is 14. The van der Waals surface area contributed by atoms with Gasteiger partial charge in [0.25, 0.3) is 11.8 Å². The lowest BCUT2D eigenvalue weighted by atomic mass is 9.99. The summed E-state index contributed by atoms with van der Waals surface area (Å²) in [5.41, 5.74) is 2.92. The van der Waals surface area contributed by atoms with Crippen molar-refractivity contribution in [3.8, 4) is 5.75 Å². The Morgan fingerprint density at radius 2 is 1.40 bits per heavy atom. The minimum absolute atomic E-state index is 0.0148. The number of quaternary nitrogens is 1. The van der Waals surface area contributed by atoms with Crippen molar-refractivity contribution >= 4 is 65.8 Å². The molecule has 0 N–H and O–H groups in total. The van der Waals surface area contributed by atoms with Crippen LogP contribution < -0.4 is 9.30 Å². The molecule has 2 amide bonds. The van der Waals surface area contributed by atoms with Gasteiger partial charge in [0.05, 0.1) is 62.8 Å². The number of pyridine rings is 1. The molecule has 5 rings (SSSR count). The molecule has 17 heteroatoms. The van der Waals surface area contributed by atoms with Crippen molar-refractivity contribution in [2.24, 2.45) is 0 Å². The van der Waals surface area contributed by atoms with E-state index in [-0.39, 0.29) is 49.1 Å². The van der Waals surface area contributed by atoms with Crippen molar-refractivity contribution in [3.05, 3.63) is 82.4 Å². The molecule has 0 bridgehead atoms. The van der Waals surface area contributed by atoms with E-state index >= 15 is 0 Å². The van der Waals surface area contributed by atoms with Gasteiger partial charge in [0.1, 0.15) is 12.3 Å². The molecule has 0 aliphatic carbocycles. The van der Waals surface area contributed by atoms with E-state index in [4.69, 9.17) is 9.57 Å². The number of fused-ring (bicyclic) bond motifs is 2. The molecule has 1 aromatic heterocycles. The monoisotopic (exact) mass is 769 g/mol. The van der Waals surface area contributed by atoms with Crippen molar-refractivity contribution in [3.63, 3.8) is 0 Å². The van der Waals surface area contributed by atoms with Crippen LogP contribution in [0.25, 0.3) is 21.8 Å². The highest BCUT2D eigenvalue weighted by atomic mass is 32.2. The normalized spacial score (nSPS) is 14.0. The third-order valence-electron chi connectivity index (χ3n) is 8.90. The van der Waals surface area contributed by atoms with Crippen LogP contribution in [-0.4, -0.2) is 91.4 Å². The maximum atomic E-state index is 14.3. The fourth-order valence-electron chi connectivity index (χ4n) is 6.58. The molecule has 0 spiro atoms. The van der Waals surface area contributed by atoms with Gasteiger partial charge in [-0.3, -0.25) is 9.59 Å². The molecule has 282 valence electrons.